The van der Waals surface area contributed by atoms with Gasteiger partial charge in [-0.15, -0.1) is 0 Å². The number of unbranched alkanes of at least 4 members (excludes halogenated alkanes) is 1. The maximum absolute atomic E-state index is 13.9. The summed E-state index contributed by atoms with van der Waals surface area (Å²) in [6.07, 6.45) is 2.99. The highest BCUT2D eigenvalue weighted by Gasteiger charge is 2.30. The highest BCUT2D eigenvalue weighted by Crippen LogP contribution is 2.22. The van der Waals surface area contributed by atoms with E-state index in [0.29, 0.717) is 13.0 Å². The molecule has 0 radical (unpaired) electrons. The van der Waals surface area contributed by atoms with Crippen LogP contribution in [0.3, 0.4) is 0 Å². The van der Waals surface area contributed by atoms with Crippen molar-refractivity contribution in [2.45, 2.75) is 51.6 Å². The van der Waals surface area contributed by atoms with E-state index >= 15 is 0 Å². The van der Waals surface area contributed by atoms with E-state index in [4.69, 9.17) is 0 Å². The maximum atomic E-state index is 13.9. The summed E-state index contributed by atoms with van der Waals surface area (Å²) in [7, 11) is -3.85. The minimum absolute atomic E-state index is 0.0344. The van der Waals surface area contributed by atoms with E-state index in [1.807, 2.05) is 61.5 Å². The molecule has 1 unspecified atom stereocenters. The zero-order valence-corrected chi connectivity index (χ0v) is 26.1. The Balaban J connectivity index is 1.87. The summed E-state index contributed by atoms with van der Waals surface area (Å²) < 4.78 is 54.1. The largest absolute Gasteiger partial charge is 0.354 e. The molecule has 11 heteroatoms. The summed E-state index contributed by atoms with van der Waals surface area (Å²) in [5.74, 6) is -2.86. The first-order chi connectivity index (χ1) is 20.0. The molecule has 1 N–H and O–H groups in total. The fourth-order valence-electron chi connectivity index (χ4n) is 4.49. The number of rotatable bonds is 15. The van der Waals surface area contributed by atoms with Crippen molar-refractivity contribution in [1.82, 2.24) is 10.2 Å². The van der Waals surface area contributed by atoms with Crippen LogP contribution in [-0.4, -0.2) is 50.5 Å². The molecule has 42 heavy (non-hydrogen) atoms. The lowest BCUT2D eigenvalue weighted by Gasteiger charge is -2.32. The molecule has 0 saturated carbocycles. The molecule has 0 aliphatic carbocycles. The van der Waals surface area contributed by atoms with Gasteiger partial charge in [0.05, 0.1) is 11.9 Å². The second-order valence-electron chi connectivity index (χ2n) is 10.0. The van der Waals surface area contributed by atoms with Crippen LogP contribution in [0, 0.1) is 11.6 Å². The van der Waals surface area contributed by atoms with Gasteiger partial charge in [0.2, 0.25) is 21.8 Å². The fourth-order valence-corrected chi connectivity index (χ4v) is 5.71. The van der Waals surface area contributed by atoms with Crippen molar-refractivity contribution < 1.29 is 26.8 Å². The van der Waals surface area contributed by atoms with Gasteiger partial charge in [0.15, 0.2) is 11.6 Å². The molecule has 0 fully saturated rings. The molecule has 0 aromatic heterocycles. The molecule has 7 nitrogen and oxygen atoms in total. The van der Waals surface area contributed by atoms with Gasteiger partial charge in [0.1, 0.15) is 6.04 Å². The average molecular weight is 665 g/mol. The predicted molar refractivity (Wildman–Crippen MR) is 164 cm³/mol. The summed E-state index contributed by atoms with van der Waals surface area (Å²) in [6, 6.07) is 18.9. The molecular weight excluding hydrogens is 628 g/mol. The Morgan fingerprint density at radius 2 is 1.62 bits per heavy atom. The van der Waals surface area contributed by atoms with Crippen LogP contribution in [0.15, 0.2) is 77.3 Å². The monoisotopic (exact) mass is 663 g/mol. The number of hydrogen-bond donors (Lipinski definition) is 1. The summed E-state index contributed by atoms with van der Waals surface area (Å²) in [6.45, 7) is 2.55. The minimum atomic E-state index is -3.85. The molecule has 0 bridgehead atoms. The van der Waals surface area contributed by atoms with Gasteiger partial charge >= 0.3 is 0 Å². The van der Waals surface area contributed by atoms with Gasteiger partial charge in [0, 0.05) is 43.0 Å². The Morgan fingerprint density at radius 1 is 0.929 bits per heavy atom. The predicted octanol–water partition coefficient (Wildman–Crippen LogP) is 5.83. The number of benzene rings is 3. The second-order valence-corrected chi connectivity index (χ2v) is 12.9. The second kappa shape index (κ2) is 15.8. The van der Waals surface area contributed by atoms with Crippen LogP contribution in [0.1, 0.15) is 43.7 Å². The number of anilines is 1. The van der Waals surface area contributed by atoms with E-state index in [1.165, 1.54) is 6.07 Å². The van der Waals surface area contributed by atoms with Crippen molar-refractivity contribution in [1.29, 1.82) is 0 Å². The number of halogens is 3. The first-order valence-corrected chi connectivity index (χ1v) is 16.4. The van der Waals surface area contributed by atoms with Crippen LogP contribution in [0.5, 0.6) is 0 Å². The van der Waals surface area contributed by atoms with E-state index < -0.39 is 27.7 Å². The van der Waals surface area contributed by atoms with Crippen LogP contribution < -0.4 is 9.62 Å². The Bertz CT molecular complexity index is 1440. The van der Waals surface area contributed by atoms with E-state index in [2.05, 4.69) is 21.2 Å². The quantitative estimate of drug-likeness (QED) is 0.207. The van der Waals surface area contributed by atoms with Crippen LogP contribution in [0.2, 0.25) is 0 Å². The lowest BCUT2D eigenvalue weighted by Crippen LogP contribution is -2.50. The normalized spacial score (nSPS) is 12.0. The molecule has 0 aliphatic heterocycles. The first kappa shape index (κ1) is 33.2. The number of carbonyl (C=O) groups is 2. The Labute approximate surface area is 255 Å². The molecule has 1 atom stereocenters. The topological polar surface area (TPSA) is 86.8 Å². The summed E-state index contributed by atoms with van der Waals surface area (Å²) in [4.78, 5) is 28.9. The molecule has 0 heterocycles. The van der Waals surface area contributed by atoms with Crippen molar-refractivity contribution in [2.75, 3.05) is 23.7 Å². The van der Waals surface area contributed by atoms with Crippen LogP contribution in [0.4, 0.5) is 14.5 Å². The SMILES string of the molecule is CCCCNC(=O)C(Cc1ccccc1)N(Cc1ccc(Br)cc1)C(=O)CCCN(c1ccc(F)c(F)c1)S(C)(=O)=O. The smallest absolute Gasteiger partial charge is 0.243 e. The van der Waals surface area contributed by atoms with Crippen molar-refractivity contribution in [3.8, 4) is 0 Å². The molecule has 0 saturated heterocycles. The van der Waals surface area contributed by atoms with Crippen molar-refractivity contribution in [2.24, 2.45) is 0 Å². The van der Waals surface area contributed by atoms with Gasteiger partial charge in [-0.25, -0.2) is 17.2 Å². The number of hydrogen-bond acceptors (Lipinski definition) is 4. The highest BCUT2D eigenvalue weighted by atomic mass is 79.9. The molecule has 3 aromatic carbocycles. The summed E-state index contributed by atoms with van der Waals surface area (Å²) in [5.41, 5.74) is 1.68. The van der Waals surface area contributed by atoms with Gasteiger partial charge in [-0.05, 0) is 48.2 Å². The van der Waals surface area contributed by atoms with Gasteiger partial charge in [-0.1, -0.05) is 71.7 Å². The number of carbonyl (C=O) groups excluding carboxylic acids is 2. The third-order valence-corrected chi connectivity index (χ3v) is 8.43. The summed E-state index contributed by atoms with van der Waals surface area (Å²) >= 11 is 3.42. The van der Waals surface area contributed by atoms with Gasteiger partial charge in [-0.2, -0.15) is 0 Å². The molecule has 3 rings (SSSR count). The molecular formula is C31H36BrF2N3O4S. The zero-order chi connectivity index (χ0) is 30.7. The van der Waals surface area contributed by atoms with Crippen molar-refractivity contribution in [3.63, 3.8) is 0 Å². The van der Waals surface area contributed by atoms with Crippen LogP contribution >= 0.6 is 15.9 Å². The van der Waals surface area contributed by atoms with Gasteiger partial charge < -0.3 is 10.2 Å². The van der Waals surface area contributed by atoms with Crippen LogP contribution in [-0.2, 0) is 32.6 Å². The minimum Gasteiger partial charge on any atom is -0.354 e. The third-order valence-electron chi connectivity index (χ3n) is 6.71. The standard InChI is InChI=1S/C31H36BrF2N3O4S/c1-3-4-18-35-31(39)29(20-23-9-6-5-7-10-23)36(22-24-12-14-25(32)15-13-24)30(38)11-8-19-37(42(2,40)41)26-16-17-27(33)28(34)21-26/h5-7,9-10,12-17,21,29H,3-4,8,11,18-20,22H2,1-2H3,(H,35,39). The van der Waals surface area contributed by atoms with E-state index in [0.717, 1.165) is 51.1 Å². The third kappa shape index (κ3) is 9.90. The number of nitrogens with one attached hydrogen (secondary N) is 1. The van der Waals surface area contributed by atoms with Crippen molar-refractivity contribution >= 4 is 43.5 Å². The van der Waals surface area contributed by atoms with E-state index in [1.54, 1.807) is 4.90 Å². The number of sulfonamides is 1. The molecule has 226 valence electrons. The molecule has 0 spiro atoms. The number of amides is 2. The Hall–Kier alpha value is -3.31. The van der Waals surface area contributed by atoms with Crippen molar-refractivity contribution in [3.05, 3.63) is 100 Å². The lowest BCUT2D eigenvalue weighted by molar-refractivity contribution is -0.141. The van der Waals surface area contributed by atoms with Crippen LogP contribution in [0.25, 0.3) is 0 Å². The fraction of sp³-hybridized carbons (Fsp3) is 0.355. The average Bonchev–Trinajstić information content (AvgIpc) is 2.95. The maximum Gasteiger partial charge on any atom is 0.243 e. The first-order valence-electron chi connectivity index (χ1n) is 13.8. The zero-order valence-electron chi connectivity index (χ0n) is 23.7. The highest BCUT2D eigenvalue weighted by molar-refractivity contribution is 9.10. The lowest BCUT2D eigenvalue weighted by atomic mass is 10.0. The Kier molecular flexibility index (Phi) is 12.5. The van der Waals surface area contributed by atoms with E-state index in [9.17, 15) is 26.8 Å². The van der Waals surface area contributed by atoms with E-state index in [-0.39, 0.29) is 43.4 Å². The molecule has 3 aromatic rings. The Morgan fingerprint density at radius 3 is 2.24 bits per heavy atom. The van der Waals surface area contributed by atoms with Gasteiger partial charge in [-0.3, -0.25) is 13.9 Å². The molecule has 0 aliphatic rings. The molecule has 2 amide bonds. The van der Waals surface area contributed by atoms with Gasteiger partial charge in [0.25, 0.3) is 0 Å². The number of nitrogens with zero attached hydrogens (tertiary/aromatic N) is 2. The summed E-state index contributed by atoms with van der Waals surface area (Å²) in [5, 5.41) is 2.97.